The molecule has 2 heteroatoms. The summed E-state index contributed by atoms with van der Waals surface area (Å²) >= 11 is 0. The minimum Gasteiger partial charge on any atom is -0.398 e. The van der Waals surface area contributed by atoms with Crippen LogP contribution in [0.5, 0.6) is 0 Å². The van der Waals surface area contributed by atoms with Crippen molar-refractivity contribution in [3.8, 4) is 11.1 Å². The molecule has 22 heavy (non-hydrogen) atoms. The van der Waals surface area contributed by atoms with Crippen LogP contribution in [0.25, 0.3) is 11.1 Å². The smallest absolute Gasteiger partial charge is 0.0476 e. The number of nitrogens with two attached hydrogens (primary N) is 1. The van der Waals surface area contributed by atoms with Gasteiger partial charge in [0.15, 0.2) is 0 Å². The Morgan fingerprint density at radius 3 is 2.59 bits per heavy atom. The van der Waals surface area contributed by atoms with Crippen molar-refractivity contribution in [1.29, 1.82) is 0 Å². The van der Waals surface area contributed by atoms with Crippen molar-refractivity contribution < 1.29 is 0 Å². The summed E-state index contributed by atoms with van der Waals surface area (Å²) in [5.41, 5.74) is 14.9. The van der Waals surface area contributed by atoms with Gasteiger partial charge in [0.25, 0.3) is 0 Å². The van der Waals surface area contributed by atoms with Crippen LogP contribution in [0.2, 0.25) is 0 Å². The monoisotopic (exact) mass is 286 g/mol. The molecule has 1 aromatic heterocycles. The van der Waals surface area contributed by atoms with E-state index < -0.39 is 0 Å². The lowest BCUT2D eigenvalue weighted by atomic mass is 9.91. The molecule has 2 nitrogen and oxygen atoms in total. The summed E-state index contributed by atoms with van der Waals surface area (Å²) < 4.78 is 0. The predicted molar refractivity (Wildman–Crippen MR) is 90.9 cm³/mol. The second-order valence-corrected chi connectivity index (χ2v) is 5.90. The summed E-state index contributed by atoms with van der Waals surface area (Å²) in [4.78, 5) is 4.47. The Balaban J connectivity index is 1.81. The maximum atomic E-state index is 6.52. The zero-order valence-corrected chi connectivity index (χ0v) is 12.6. The molecule has 1 aliphatic rings. The molecule has 1 heterocycles. The fourth-order valence-electron chi connectivity index (χ4n) is 3.42. The van der Waals surface area contributed by atoms with E-state index in [1.807, 2.05) is 18.3 Å². The first kappa shape index (κ1) is 13.1. The number of fused-ring (bicyclic) bond motifs is 3. The number of hydrogen-bond donors (Lipinski definition) is 1. The van der Waals surface area contributed by atoms with E-state index in [-0.39, 0.29) is 5.92 Å². The Labute approximate surface area is 130 Å². The first-order valence-electron chi connectivity index (χ1n) is 7.66. The Morgan fingerprint density at radius 1 is 0.955 bits per heavy atom. The highest BCUT2D eigenvalue weighted by atomic mass is 14.7. The molecule has 0 bridgehead atoms. The van der Waals surface area contributed by atoms with Crippen LogP contribution >= 0.6 is 0 Å². The van der Waals surface area contributed by atoms with Crippen LogP contribution in [0.3, 0.4) is 0 Å². The van der Waals surface area contributed by atoms with Crippen LogP contribution in [0.1, 0.15) is 35.2 Å². The highest BCUT2D eigenvalue weighted by molar-refractivity contribution is 5.82. The van der Waals surface area contributed by atoms with Gasteiger partial charge in [0.1, 0.15) is 0 Å². The second kappa shape index (κ2) is 4.99. The number of aromatic nitrogens is 1. The Hall–Kier alpha value is -2.61. The number of hydrogen-bond acceptors (Lipinski definition) is 2. The minimum absolute atomic E-state index is 0.204. The molecule has 1 atom stereocenters. The van der Waals surface area contributed by atoms with Gasteiger partial charge in [-0.1, -0.05) is 49.4 Å². The summed E-state index contributed by atoms with van der Waals surface area (Å²) in [7, 11) is 0. The molecular formula is C20H18N2. The lowest BCUT2D eigenvalue weighted by molar-refractivity contribution is 0.873. The number of rotatable bonds is 2. The summed E-state index contributed by atoms with van der Waals surface area (Å²) in [6.07, 6.45) is 2.77. The minimum atomic E-state index is 0.204. The van der Waals surface area contributed by atoms with Gasteiger partial charge in [0.2, 0.25) is 0 Å². The third-order valence-electron chi connectivity index (χ3n) is 4.66. The summed E-state index contributed by atoms with van der Waals surface area (Å²) in [6.45, 7) is 2.17. The first-order chi connectivity index (χ1) is 10.8. The predicted octanol–water partition coefficient (Wildman–Crippen LogP) is 4.39. The van der Waals surface area contributed by atoms with Crippen LogP contribution in [-0.2, 0) is 6.42 Å². The van der Waals surface area contributed by atoms with Gasteiger partial charge in [0.05, 0.1) is 0 Å². The van der Waals surface area contributed by atoms with E-state index in [4.69, 9.17) is 5.73 Å². The van der Waals surface area contributed by atoms with Gasteiger partial charge >= 0.3 is 0 Å². The molecule has 0 radical (unpaired) electrons. The van der Waals surface area contributed by atoms with Crippen LogP contribution in [0, 0.1) is 0 Å². The van der Waals surface area contributed by atoms with Crippen molar-refractivity contribution >= 4 is 5.69 Å². The van der Waals surface area contributed by atoms with Crippen molar-refractivity contribution in [2.75, 3.05) is 5.73 Å². The van der Waals surface area contributed by atoms with Gasteiger partial charge in [-0.15, -0.1) is 0 Å². The standard InChI is InChI=1S/C20H18N2/c1-13(19-8-4-5-11-22-19)15-9-10-17-16-7-3-2-6-14(16)12-18(17)20(15)21/h2-11,13H,12,21H2,1H3/t13-/m0/s1. The molecular weight excluding hydrogens is 268 g/mol. The van der Waals surface area contributed by atoms with Gasteiger partial charge < -0.3 is 5.73 Å². The molecule has 0 unspecified atom stereocenters. The number of anilines is 1. The zero-order chi connectivity index (χ0) is 15.1. The number of nitrogen functional groups attached to an aromatic ring is 1. The SMILES string of the molecule is C[C@H](c1ccccn1)c1ccc2c(c1N)Cc1ccccc1-2. The molecule has 0 saturated carbocycles. The van der Waals surface area contributed by atoms with Crippen LogP contribution in [0.15, 0.2) is 60.8 Å². The Morgan fingerprint density at radius 2 is 1.77 bits per heavy atom. The lowest BCUT2D eigenvalue weighted by Crippen LogP contribution is -2.05. The molecule has 1 aliphatic carbocycles. The fraction of sp³-hybridized carbons (Fsp3) is 0.150. The van der Waals surface area contributed by atoms with E-state index >= 15 is 0 Å². The number of nitrogens with zero attached hydrogens (tertiary/aromatic N) is 1. The average Bonchev–Trinajstić information content (AvgIpc) is 2.95. The van der Waals surface area contributed by atoms with Crippen LogP contribution < -0.4 is 5.73 Å². The normalized spacial score (nSPS) is 13.5. The Kier molecular flexibility index (Phi) is 2.97. The highest BCUT2D eigenvalue weighted by Gasteiger charge is 2.23. The summed E-state index contributed by atoms with van der Waals surface area (Å²) in [5.74, 6) is 0.204. The molecule has 0 spiro atoms. The summed E-state index contributed by atoms with van der Waals surface area (Å²) in [5, 5.41) is 0. The highest BCUT2D eigenvalue weighted by Crippen LogP contribution is 2.42. The van der Waals surface area contributed by atoms with E-state index in [2.05, 4.69) is 54.4 Å². The van der Waals surface area contributed by atoms with E-state index in [1.54, 1.807) is 0 Å². The average molecular weight is 286 g/mol. The van der Waals surface area contributed by atoms with E-state index in [9.17, 15) is 0 Å². The van der Waals surface area contributed by atoms with E-state index in [0.29, 0.717) is 0 Å². The molecule has 0 saturated heterocycles. The van der Waals surface area contributed by atoms with Crippen molar-refractivity contribution in [2.24, 2.45) is 0 Å². The molecule has 108 valence electrons. The van der Waals surface area contributed by atoms with Gasteiger partial charge in [-0.05, 0) is 39.9 Å². The second-order valence-electron chi connectivity index (χ2n) is 5.90. The molecule has 0 fully saturated rings. The molecule has 4 rings (SSSR count). The maximum absolute atomic E-state index is 6.52. The quantitative estimate of drug-likeness (QED) is 0.555. The van der Waals surface area contributed by atoms with Crippen molar-refractivity contribution in [3.05, 3.63) is 83.2 Å². The largest absolute Gasteiger partial charge is 0.398 e. The lowest BCUT2D eigenvalue weighted by Gasteiger charge is -2.17. The topological polar surface area (TPSA) is 38.9 Å². The Bertz CT molecular complexity index is 838. The fourth-order valence-corrected chi connectivity index (χ4v) is 3.42. The maximum Gasteiger partial charge on any atom is 0.0476 e. The van der Waals surface area contributed by atoms with Crippen molar-refractivity contribution in [2.45, 2.75) is 19.3 Å². The number of benzene rings is 2. The van der Waals surface area contributed by atoms with Crippen LogP contribution in [-0.4, -0.2) is 4.98 Å². The van der Waals surface area contributed by atoms with E-state index in [0.717, 1.165) is 17.8 Å². The van der Waals surface area contributed by atoms with E-state index in [1.165, 1.54) is 27.8 Å². The number of pyridine rings is 1. The third-order valence-corrected chi connectivity index (χ3v) is 4.66. The third kappa shape index (κ3) is 1.92. The van der Waals surface area contributed by atoms with Crippen LogP contribution in [0.4, 0.5) is 5.69 Å². The van der Waals surface area contributed by atoms with Gasteiger partial charge in [0, 0.05) is 29.9 Å². The molecule has 2 aromatic carbocycles. The van der Waals surface area contributed by atoms with Crippen molar-refractivity contribution in [1.82, 2.24) is 4.98 Å². The molecule has 0 amide bonds. The van der Waals surface area contributed by atoms with Gasteiger partial charge in [-0.2, -0.15) is 0 Å². The first-order valence-corrected chi connectivity index (χ1v) is 7.66. The summed E-state index contributed by atoms with van der Waals surface area (Å²) in [6, 6.07) is 19.0. The van der Waals surface area contributed by atoms with Gasteiger partial charge in [-0.25, -0.2) is 0 Å². The molecule has 2 N–H and O–H groups in total. The van der Waals surface area contributed by atoms with Gasteiger partial charge in [-0.3, -0.25) is 4.98 Å². The van der Waals surface area contributed by atoms with Crippen molar-refractivity contribution in [3.63, 3.8) is 0 Å². The molecule has 3 aromatic rings. The zero-order valence-electron chi connectivity index (χ0n) is 12.6. The molecule has 0 aliphatic heterocycles.